The molecular formula is C21H35IN6. The molecule has 0 aromatic heterocycles. The van der Waals surface area contributed by atoms with Gasteiger partial charge in [0.2, 0.25) is 0 Å². The average Bonchev–Trinajstić information content (AvgIpc) is 3.05. The second kappa shape index (κ2) is 10.2. The van der Waals surface area contributed by atoms with Gasteiger partial charge < -0.3 is 10.6 Å². The maximum atomic E-state index is 4.48. The monoisotopic (exact) mass is 498 g/mol. The molecule has 156 valence electrons. The second-order valence-electron chi connectivity index (χ2n) is 8.28. The normalized spacial score (nSPS) is 32.8. The Kier molecular flexibility index (Phi) is 7.96. The van der Waals surface area contributed by atoms with Crippen LogP contribution in [0.1, 0.15) is 18.9 Å². The lowest BCUT2D eigenvalue weighted by Crippen LogP contribution is -2.64. The minimum atomic E-state index is 0. The van der Waals surface area contributed by atoms with Crippen molar-refractivity contribution < 1.29 is 0 Å². The molecule has 0 amide bonds. The number of benzene rings is 1. The van der Waals surface area contributed by atoms with E-state index in [1.807, 2.05) is 7.05 Å². The number of likely N-dealkylation sites (tertiary alicyclic amines) is 1. The van der Waals surface area contributed by atoms with E-state index in [4.69, 9.17) is 0 Å². The fourth-order valence-corrected chi connectivity index (χ4v) is 4.76. The number of piperazine rings is 3. The van der Waals surface area contributed by atoms with Gasteiger partial charge in [-0.25, -0.2) is 0 Å². The van der Waals surface area contributed by atoms with Gasteiger partial charge in [0, 0.05) is 77.5 Å². The Bertz CT molecular complexity index is 631. The highest BCUT2D eigenvalue weighted by molar-refractivity contribution is 14.0. The Morgan fingerprint density at radius 3 is 2.50 bits per heavy atom. The maximum Gasteiger partial charge on any atom is 0.191 e. The first-order chi connectivity index (χ1) is 13.2. The summed E-state index contributed by atoms with van der Waals surface area (Å²) in [5.74, 6) is 0.950. The second-order valence-corrected chi connectivity index (χ2v) is 8.28. The number of nitrogens with one attached hydrogen (secondary N) is 2. The van der Waals surface area contributed by atoms with Crippen LogP contribution >= 0.6 is 24.0 Å². The number of guanidine groups is 1. The molecule has 4 heterocycles. The third-order valence-corrected chi connectivity index (χ3v) is 6.39. The zero-order chi connectivity index (χ0) is 18.6. The maximum absolute atomic E-state index is 4.48. The van der Waals surface area contributed by atoms with E-state index in [9.17, 15) is 0 Å². The molecule has 0 radical (unpaired) electrons. The van der Waals surface area contributed by atoms with Crippen molar-refractivity contribution in [2.24, 2.45) is 4.99 Å². The number of fused-ring (bicyclic) bond motifs is 3. The molecule has 4 fully saturated rings. The van der Waals surface area contributed by atoms with E-state index in [2.05, 4.69) is 67.6 Å². The van der Waals surface area contributed by atoms with Gasteiger partial charge >= 0.3 is 0 Å². The van der Waals surface area contributed by atoms with Crippen molar-refractivity contribution >= 4 is 29.9 Å². The van der Waals surface area contributed by atoms with Crippen LogP contribution in [0.15, 0.2) is 35.3 Å². The van der Waals surface area contributed by atoms with Crippen LogP contribution in [-0.2, 0) is 6.54 Å². The van der Waals surface area contributed by atoms with Crippen LogP contribution in [0.2, 0.25) is 0 Å². The van der Waals surface area contributed by atoms with Gasteiger partial charge in [-0.2, -0.15) is 0 Å². The largest absolute Gasteiger partial charge is 0.355 e. The molecule has 2 bridgehead atoms. The van der Waals surface area contributed by atoms with Crippen LogP contribution in [0.3, 0.4) is 0 Å². The topological polar surface area (TPSA) is 46.1 Å². The highest BCUT2D eigenvalue weighted by Gasteiger charge is 2.32. The zero-order valence-corrected chi connectivity index (χ0v) is 19.5. The summed E-state index contributed by atoms with van der Waals surface area (Å²) in [7, 11) is 1.88. The molecule has 1 aromatic rings. The highest BCUT2D eigenvalue weighted by Crippen LogP contribution is 2.20. The van der Waals surface area contributed by atoms with E-state index in [-0.39, 0.29) is 24.0 Å². The number of aliphatic imine (C=N–C) groups is 1. The Morgan fingerprint density at radius 1 is 1.11 bits per heavy atom. The van der Waals surface area contributed by atoms with E-state index >= 15 is 0 Å². The van der Waals surface area contributed by atoms with Gasteiger partial charge in [0.25, 0.3) is 0 Å². The average molecular weight is 498 g/mol. The third kappa shape index (κ3) is 5.37. The van der Waals surface area contributed by atoms with E-state index < -0.39 is 0 Å². The molecule has 0 spiro atoms. The standard InChI is InChI=1S/C21H34N6.HI/c1-17-12-19(15-27(17)14-18-6-4-3-5-7-18)24-21(22-2)23-13-20-16-25-8-10-26(20)11-9-25;/h3-7,17,19-20H,8-16H2,1-2H3,(H2,22,23,24);1H. The summed E-state index contributed by atoms with van der Waals surface area (Å²) in [6, 6.07) is 12.4. The van der Waals surface area contributed by atoms with Crippen LogP contribution in [0.5, 0.6) is 0 Å². The van der Waals surface area contributed by atoms with Crippen molar-refractivity contribution in [3.63, 3.8) is 0 Å². The van der Waals surface area contributed by atoms with Gasteiger partial charge in [-0.05, 0) is 18.9 Å². The van der Waals surface area contributed by atoms with Crippen LogP contribution < -0.4 is 10.6 Å². The smallest absolute Gasteiger partial charge is 0.191 e. The van der Waals surface area contributed by atoms with Crippen molar-refractivity contribution in [3.05, 3.63) is 35.9 Å². The van der Waals surface area contributed by atoms with Gasteiger partial charge in [-0.1, -0.05) is 30.3 Å². The Labute approximate surface area is 186 Å². The summed E-state index contributed by atoms with van der Waals surface area (Å²) in [6.07, 6.45) is 1.16. The summed E-state index contributed by atoms with van der Waals surface area (Å²) in [6.45, 7) is 11.5. The van der Waals surface area contributed by atoms with Crippen LogP contribution in [-0.4, -0.2) is 91.6 Å². The fourth-order valence-electron chi connectivity index (χ4n) is 4.76. The van der Waals surface area contributed by atoms with Gasteiger partial charge in [-0.15, -0.1) is 24.0 Å². The minimum Gasteiger partial charge on any atom is -0.355 e. The van der Waals surface area contributed by atoms with Gasteiger partial charge in [0.1, 0.15) is 0 Å². The van der Waals surface area contributed by atoms with E-state index in [0.717, 1.165) is 32.0 Å². The molecule has 2 N–H and O–H groups in total. The number of rotatable bonds is 5. The Morgan fingerprint density at radius 2 is 1.86 bits per heavy atom. The molecule has 3 atom stereocenters. The summed E-state index contributed by atoms with van der Waals surface area (Å²) in [4.78, 5) is 12.3. The summed E-state index contributed by atoms with van der Waals surface area (Å²) in [5.41, 5.74) is 1.39. The van der Waals surface area contributed by atoms with Crippen molar-refractivity contribution in [3.8, 4) is 0 Å². The van der Waals surface area contributed by atoms with Crippen molar-refractivity contribution in [2.45, 2.75) is 38.0 Å². The van der Waals surface area contributed by atoms with Gasteiger partial charge in [0.15, 0.2) is 5.96 Å². The summed E-state index contributed by atoms with van der Waals surface area (Å²) >= 11 is 0. The molecular weight excluding hydrogens is 463 g/mol. The fraction of sp³-hybridized carbons (Fsp3) is 0.667. The highest BCUT2D eigenvalue weighted by atomic mass is 127. The molecule has 5 rings (SSSR count). The number of hydrogen-bond donors (Lipinski definition) is 2. The predicted molar refractivity (Wildman–Crippen MR) is 126 cm³/mol. The third-order valence-electron chi connectivity index (χ3n) is 6.39. The molecule has 1 aromatic carbocycles. The van der Waals surface area contributed by atoms with E-state index in [1.54, 1.807) is 0 Å². The van der Waals surface area contributed by atoms with Crippen LogP contribution in [0, 0.1) is 0 Å². The molecule has 7 heteroatoms. The van der Waals surface area contributed by atoms with Crippen LogP contribution in [0.4, 0.5) is 0 Å². The quantitative estimate of drug-likeness (QED) is 0.366. The summed E-state index contributed by atoms with van der Waals surface area (Å²) < 4.78 is 0. The van der Waals surface area contributed by atoms with Gasteiger partial charge in [0.05, 0.1) is 0 Å². The molecule has 3 unspecified atom stereocenters. The van der Waals surface area contributed by atoms with E-state index in [0.29, 0.717) is 18.1 Å². The predicted octanol–water partition coefficient (Wildman–Crippen LogP) is 1.43. The molecule has 6 nitrogen and oxygen atoms in total. The van der Waals surface area contributed by atoms with Crippen molar-refractivity contribution in [2.75, 3.05) is 52.9 Å². The number of hydrogen-bond acceptors (Lipinski definition) is 4. The van der Waals surface area contributed by atoms with Crippen molar-refractivity contribution in [1.82, 2.24) is 25.3 Å². The molecule has 0 saturated carbocycles. The molecule has 4 aliphatic heterocycles. The molecule has 4 aliphatic rings. The first-order valence-corrected chi connectivity index (χ1v) is 10.4. The molecule has 28 heavy (non-hydrogen) atoms. The lowest BCUT2D eigenvalue weighted by molar-refractivity contribution is 0.0154. The number of halogens is 1. The lowest BCUT2D eigenvalue weighted by Gasteiger charge is -2.47. The Balaban J connectivity index is 0.00000225. The van der Waals surface area contributed by atoms with Gasteiger partial charge in [-0.3, -0.25) is 19.7 Å². The zero-order valence-electron chi connectivity index (χ0n) is 17.2. The van der Waals surface area contributed by atoms with Crippen molar-refractivity contribution in [1.29, 1.82) is 0 Å². The first kappa shape index (κ1) is 21.8. The van der Waals surface area contributed by atoms with Crippen LogP contribution in [0.25, 0.3) is 0 Å². The minimum absolute atomic E-state index is 0. The number of nitrogens with zero attached hydrogens (tertiary/aromatic N) is 4. The molecule has 0 aliphatic carbocycles. The summed E-state index contributed by atoms with van der Waals surface area (Å²) in [5, 5.41) is 7.24. The Hall–Kier alpha value is -0.900. The van der Waals surface area contributed by atoms with E-state index in [1.165, 1.54) is 38.3 Å². The lowest BCUT2D eigenvalue weighted by atomic mass is 10.1. The SMILES string of the molecule is CN=C(NCC1CN2CCN1CC2)NC1CC(C)N(Cc2ccccc2)C1.I. The molecule has 4 saturated heterocycles. The first-order valence-electron chi connectivity index (χ1n) is 10.4.